The maximum Gasteiger partial charge on any atom is 0.276 e. The van der Waals surface area contributed by atoms with Gasteiger partial charge < -0.3 is 15.2 Å². The quantitative estimate of drug-likeness (QED) is 0.714. The zero-order chi connectivity index (χ0) is 20.7. The van der Waals surface area contributed by atoms with Crippen molar-refractivity contribution in [3.8, 4) is 23.0 Å². The van der Waals surface area contributed by atoms with Gasteiger partial charge >= 0.3 is 0 Å². The van der Waals surface area contributed by atoms with E-state index in [1.165, 1.54) is 0 Å². The van der Waals surface area contributed by atoms with Crippen LogP contribution in [0.2, 0.25) is 0 Å². The first kappa shape index (κ1) is 19.3. The minimum Gasteiger partial charge on any atom is -0.337 e. The molecule has 0 bridgehead atoms. The average Bonchev–Trinajstić information content (AvgIpc) is 3.33. The maximum absolute atomic E-state index is 12.3. The lowest BCUT2D eigenvalue weighted by Gasteiger charge is -2.31. The largest absolute Gasteiger partial charge is 0.337 e. The molecule has 0 saturated heterocycles. The van der Waals surface area contributed by atoms with Crippen molar-refractivity contribution in [3.05, 3.63) is 34.8 Å². The summed E-state index contributed by atoms with van der Waals surface area (Å²) in [6.45, 7) is 6.79. The third-order valence-electron chi connectivity index (χ3n) is 5.32. The van der Waals surface area contributed by atoms with Crippen molar-refractivity contribution in [2.45, 2.75) is 46.2 Å². The van der Waals surface area contributed by atoms with Crippen LogP contribution < -0.4 is 5.73 Å². The van der Waals surface area contributed by atoms with Crippen LogP contribution in [0, 0.1) is 6.92 Å². The molecule has 1 amide bonds. The number of carbonyl (C=O) groups is 1. The number of aromatic nitrogens is 5. The first-order valence-electron chi connectivity index (χ1n) is 9.78. The summed E-state index contributed by atoms with van der Waals surface area (Å²) >= 11 is 0. The van der Waals surface area contributed by atoms with Gasteiger partial charge in [-0.3, -0.25) is 14.5 Å². The number of carbonyl (C=O) groups excluding carboxylic acids is 1. The second-order valence-corrected chi connectivity index (χ2v) is 7.44. The van der Waals surface area contributed by atoms with Crippen LogP contribution in [-0.2, 0) is 31.2 Å². The Morgan fingerprint density at radius 1 is 1.41 bits per heavy atom. The van der Waals surface area contributed by atoms with Gasteiger partial charge in [-0.15, -0.1) is 0 Å². The van der Waals surface area contributed by atoms with Gasteiger partial charge in [0.15, 0.2) is 0 Å². The summed E-state index contributed by atoms with van der Waals surface area (Å²) in [6.07, 6.45) is 3.35. The van der Waals surface area contributed by atoms with Gasteiger partial charge in [0.05, 0.1) is 11.7 Å². The normalized spacial score (nSPS) is 14.7. The second-order valence-electron chi connectivity index (χ2n) is 7.44. The molecule has 152 valence electrons. The van der Waals surface area contributed by atoms with E-state index < -0.39 is 6.04 Å². The van der Waals surface area contributed by atoms with E-state index in [9.17, 15) is 4.79 Å². The third kappa shape index (κ3) is 3.42. The van der Waals surface area contributed by atoms with Gasteiger partial charge in [-0.05, 0) is 43.9 Å². The van der Waals surface area contributed by atoms with Crippen LogP contribution in [0.5, 0.6) is 0 Å². The van der Waals surface area contributed by atoms with Gasteiger partial charge in [-0.2, -0.15) is 10.1 Å². The Hall–Kier alpha value is -3.07. The first-order chi connectivity index (χ1) is 13.9. The van der Waals surface area contributed by atoms with Crippen molar-refractivity contribution in [2.24, 2.45) is 12.8 Å². The number of hydrogen-bond donors (Lipinski definition) is 1. The monoisotopic (exact) mass is 395 g/mol. The molecule has 3 aromatic heterocycles. The standard InChI is InChI=1S/C20H25N7O2/c1-5-14-8-16(26(4)24-14)19-23-18(25-29-19)17-12(3)22-9-13-10-27(7-6-15(13)17)20(28)11(2)21/h8-9,11H,5-7,10,21H2,1-4H3/t11-/m0/s1. The number of pyridine rings is 1. The summed E-state index contributed by atoms with van der Waals surface area (Å²) in [5, 5.41) is 8.67. The summed E-state index contributed by atoms with van der Waals surface area (Å²) in [5.41, 5.74) is 11.3. The van der Waals surface area contributed by atoms with Gasteiger partial charge in [-0.25, -0.2) is 0 Å². The molecule has 1 aliphatic heterocycles. The number of aryl methyl sites for hydroxylation is 3. The van der Waals surface area contributed by atoms with E-state index in [1.807, 2.05) is 26.2 Å². The molecule has 0 spiro atoms. The van der Waals surface area contributed by atoms with Crippen LogP contribution in [0.4, 0.5) is 0 Å². The topological polar surface area (TPSA) is 116 Å². The number of nitrogens with two attached hydrogens (primary N) is 1. The number of rotatable bonds is 4. The molecule has 1 atom stereocenters. The molecule has 2 N–H and O–H groups in total. The fraction of sp³-hybridized carbons (Fsp3) is 0.450. The molecule has 4 rings (SSSR count). The van der Waals surface area contributed by atoms with E-state index >= 15 is 0 Å². The van der Waals surface area contributed by atoms with Crippen molar-refractivity contribution in [3.63, 3.8) is 0 Å². The van der Waals surface area contributed by atoms with Crippen molar-refractivity contribution in [2.75, 3.05) is 6.54 Å². The third-order valence-corrected chi connectivity index (χ3v) is 5.32. The Labute approximate surface area is 168 Å². The molecule has 4 heterocycles. The highest BCUT2D eigenvalue weighted by atomic mass is 16.5. The Bertz CT molecular complexity index is 1070. The van der Waals surface area contributed by atoms with Crippen LogP contribution in [0.25, 0.3) is 23.0 Å². The molecule has 0 radical (unpaired) electrons. The number of nitrogens with zero attached hydrogens (tertiary/aromatic N) is 6. The minimum absolute atomic E-state index is 0.0532. The minimum atomic E-state index is -0.513. The second kappa shape index (κ2) is 7.40. The Morgan fingerprint density at radius 3 is 2.90 bits per heavy atom. The molecule has 9 nitrogen and oxygen atoms in total. The SMILES string of the molecule is CCc1cc(-c2nc(-c3c(C)ncc4c3CCN(C(=O)[C@H](C)N)C4)no2)n(C)n1. The summed E-state index contributed by atoms with van der Waals surface area (Å²) < 4.78 is 7.30. The molecule has 9 heteroatoms. The maximum atomic E-state index is 12.3. The number of amides is 1. The van der Waals surface area contributed by atoms with Gasteiger partial charge in [-0.1, -0.05) is 12.1 Å². The lowest BCUT2D eigenvalue weighted by molar-refractivity contribution is -0.133. The molecule has 0 unspecified atom stereocenters. The molecule has 1 aliphatic rings. The first-order valence-corrected chi connectivity index (χ1v) is 9.78. The van der Waals surface area contributed by atoms with E-state index in [4.69, 9.17) is 10.3 Å². The van der Waals surface area contributed by atoms with Crippen LogP contribution in [-0.4, -0.2) is 48.3 Å². The smallest absolute Gasteiger partial charge is 0.276 e. The Morgan fingerprint density at radius 2 is 2.21 bits per heavy atom. The molecule has 0 fully saturated rings. The summed E-state index contributed by atoms with van der Waals surface area (Å²) in [7, 11) is 1.86. The predicted molar refractivity (Wildman–Crippen MR) is 107 cm³/mol. The van der Waals surface area contributed by atoms with E-state index in [0.29, 0.717) is 31.2 Å². The highest BCUT2D eigenvalue weighted by Gasteiger charge is 2.27. The number of hydrogen-bond acceptors (Lipinski definition) is 7. The molecule has 3 aromatic rings. The lowest BCUT2D eigenvalue weighted by Crippen LogP contribution is -2.44. The van der Waals surface area contributed by atoms with E-state index in [0.717, 1.165) is 40.2 Å². The van der Waals surface area contributed by atoms with Crippen LogP contribution in [0.15, 0.2) is 16.8 Å². The molecule has 0 saturated carbocycles. The van der Waals surface area contributed by atoms with Gasteiger partial charge in [0.25, 0.3) is 5.89 Å². The van der Waals surface area contributed by atoms with Crippen molar-refractivity contribution >= 4 is 5.91 Å². The molecular formula is C20H25N7O2. The molecule has 0 aromatic carbocycles. The lowest BCUT2D eigenvalue weighted by atomic mass is 9.94. The summed E-state index contributed by atoms with van der Waals surface area (Å²) in [5.74, 6) is 0.881. The van der Waals surface area contributed by atoms with Gasteiger partial charge in [0.2, 0.25) is 11.7 Å². The van der Waals surface area contributed by atoms with Crippen LogP contribution in [0.1, 0.15) is 36.4 Å². The zero-order valence-corrected chi connectivity index (χ0v) is 17.1. The molecule has 29 heavy (non-hydrogen) atoms. The fourth-order valence-electron chi connectivity index (χ4n) is 3.75. The number of fused-ring (bicyclic) bond motifs is 1. The average molecular weight is 395 g/mol. The highest BCUT2D eigenvalue weighted by Crippen LogP contribution is 2.32. The van der Waals surface area contributed by atoms with E-state index in [-0.39, 0.29) is 5.91 Å². The van der Waals surface area contributed by atoms with Gasteiger partial charge in [0.1, 0.15) is 5.69 Å². The summed E-state index contributed by atoms with van der Waals surface area (Å²) in [6, 6.07) is 1.45. The fourth-order valence-corrected chi connectivity index (χ4v) is 3.75. The van der Waals surface area contributed by atoms with Crippen LogP contribution >= 0.6 is 0 Å². The summed E-state index contributed by atoms with van der Waals surface area (Å²) in [4.78, 5) is 23.2. The zero-order valence-electron chi connectivity index (χ0n) is 17.1. The van der Waals surface area contributed by atoms with Crippen molar-refractivity contribution in [1.82, 2.24) is 29.8 Å². The van der Waals surface area contributed by atoms with Gasteiger partial charge in [0, 0.05) is 37.6 Å². The Kier molecular flexibility index (Phi) is 4.91. The predicted octanol–water partition coefficient (Wildman–Crippen LogP) is 1.63. The van der Waals surface area contributed by atoms with Crippen LogP contribution in [0.3, 0.4) is 0 Å². The van der Waals surface area contributed by atoms with E-state index in [2.05, 4.69) is 27.1 Å². The highest BCUT2D eigenvalue weighted by molar-refractivity contribution is 5.81. The van der Waals surface area contributed by atoms with Crippen molar-refractivity contribution < 1.29 is 9.32 Å². The van der Waals surface area contributed by atoms with Crippen molar-refractivity contribution in [1.29, 1.82) is 0 Å². The van der Waals surface area contributed by atoms with E-state index in [1.54, 1.807) is 16.5 Å². The molecular weight excluding hydrogens is 370 g/mol. The Balaban J connectivity index is 1.70. The molecule has 0 aliphatic carbocycles.